The quantitative estimate of drug-likeness (QED) is 0.451. The molecule has 1 N–H and O–H groups in total. The normalized spacial score (nSPS) is 14.1. The molecule has 0 saturated carbocycles. The Hall–Kier alpha value is -1.50. The second kappa shape index (κ2) is 9.55. The maximum absolute atomic E-state index is 11.5. The van der Waals surface area contributed by atoms with E-state index in [-0.39, 0.29) is 34.5 Å². The van der Waals surface area contributed by atoms with Crippen molar-refractivity contribution in [3.05, 3.63) is 46.0 Å². The maximum atomic E-state index is 11.5. The fraction of sp³-hybridized carbons (Fsp3) is 0.667. The lowest BCUT2D eigenvalue weighted by Gasteiger charge is -2.35. The van der Waals surface area contributed by atoms with Crippen molar-refractivity contribution in [3.8, 4) is 5.75 Å². The fourth-order valence-electron chi connectivity index (χ4n) is 4.69. The topological polar surface area (TPSA) is 20.2 Å². The molecule has 1 nitrogen and oxygen atoms in total. The molecule has 0 fully saturated rings. The molecule has 31 heavy (non-hydrogen) atoms. The Bertz CT molecular complexity index is 831. The Labute approximate surface area is 194 Å². The SMILES string of the molecule is [C]=C(C(=C(c1cc(C(C)(C)C)c(O)c(C(C)(C)C)c1C(C)C)C(C)C)C(C)C)C(C)C. The van der Waals surface area contributed by atoms with Gasteiger partial charge in [-0.25, -0.2) is 0 Å². The van der Waals surface area contributed by atoms with E-state index in [1.807, 2.05) is 0 Å². The van der Waals surface area contributed by atoms with E-state index in [0.717, 1.165) is 22.3 Å². The summed E-state index contributed by atoms with van der Waals surface area (Å²) in [7, 11) is 0. The van der Waals surface area contributed by atoms with Crippen molar-refractivity contribution in [1.29, 1.82) is 0 Å². The molecule has 0 aliphatic rings. The van der Waals surface area contributed by atoms with E-state index in [4.69, 9.17) is 6.58 Å². The van der Waals surface area contributed by atoms with Gasteiger partial charge < -0.3 is 5.11 Å². The minimum Gasteiger partial charge on any atom is -0.507 e. The molecule has 0 aliphatic carbocycles. The smallest absolute Gasteiger partial charge is 0.123 e. The lowest BCUT2D eigenvalue weighted by molar-refractivity contribution is 0.419. The molecule has 0 bridgehead atoms. The zero-order valence-corrected chi connectivity index (χ0v) is 22.8. The van der Waals surface area contributed by atoms with Gasteiger partial charge in [-0.15, -0.1) is 0 Å². The second-order valence-electron chi connectivity index (χ2n) is 12.5. The number of allylic oxidation sites excluding steroid dienone is 3. The van der Waals surface area contributed by atoms with Gasteiger partial charge in [-0.1, -0.05) is 96.9 Å². The van der Waals surface area contributed by atoms with Crippen molar-refractivity contribution < 1.29 is 5.11 Å². The Morgan fingerprint density at radius 3 is 1.55 bits per heavy atom. The number of phenolic OH excluding ortho intramolecular Hbond substituents is 1. The van der Waals surface area contributed by atoms with Gasteiger partial charge >= 0.3 is 0 Å². The maximum Gasteiger partial charge on any atom is 0.123 e. The molecule has 2 radical (unpaired) electrons. The summed E-state index contributed by atoms with van der Waals surface area (Å²) in [5.41, 5.74) is 7.31. The summed E-state index contributed by atoms with van der Waals surface area (Å²) in [6.07, 6.45) is 0. The summed E-state index contributed by atoms with van der Waals surface area (Å²) in [5, 5.41) is 11.5. The van der Waals surface area contributed by atoms with Crippen LogP contribution >= 0.6 is 0 Å². The molecule has 174 valence electrons. The first-order valence-corrected chi connectivity index (χ1v) is 12.1. The molecule has 0 atom stereocenters. The van der Waals surface area contributed by atoms with E-state index in [9.17, 15) is 5.11 Å². The van der Waals surface area contributed by atoms with Crippen LogP contribution in [0.5, 0.6) is 5.75 Å². The minimum atomic E-state index is -0.189. The number of benzene rings is 1. The number of hydrogen-bond acceptors (Lipinski definition) is 1. The van der Waals surface area contributed by atoms with Gasteiger partial charge in [0.1, 0.15) is 5.75 Å². The molecule has 0 amide bonds. The van der Waals surface area contributed by atoms with Crippen LogP contribution in [0, 0.1) is 24.3 Å². The van der Waals surface area contributed by atoms with Gasteiger partial charge in [0, 0.05) is 11.1 Å². The summed E-state index contributed by atoms with van der Waals surface area (Å²) < 4.78 is 0. The third-order valence-electron chi connectivity index (χ3n) is 6.08. The van der Waals surface area contributed by atoms with Crippen LogP contribution in [0.4, 0.5) is 0 Å². The standard InChI is InChI=1S/C30H48O/c1-17(2)21(9)24(18(3)4)25(19(5)6)22-16-23(29(10,11)12)28(31)27(30(13,14)15)26(22)20(7)8/h16-20,31H,1-8,10-15H3. The van der Waals surface area contributed by atoms with Crippen molar-refractivity contribution in [2.75, 3.05) is 0 Å². The van der Waals surface area contributed by atoms with Crippen LogP contribution in [0.2, 0.25) is 0 Å². The molecular formula is C30H48O. The zero-order chi connectivity index (χ0) is 24.6. The average Bonchev–Trinajstić information content (AvgIpc) is 2.55. The van der Waals surface area contributed by atoms with Crippen molar-refractivity contribution in [1.82, 2.24) is 0 Å². The monoisotopic (exact) mass is 424 g/mol. The summed E-state index contributed by atoms with van der Waals surface area (Å²) in [4.78, 5) is 0. The first-order valence-electron chi connectivity index (χ1n) is 12.1. The zero-order valence-electron chi connectivity index (χ0n) is 22.8. The van der Waals surface area contributed by atoms with E-state index in [2.05, 4.69) is 103 Å². The second-order valence-corrected chi connectivity index (χ2v) is 12.5. The first-order chi connectivity index (χ1) is 13.8. The van der Waals surface area contributed by atoms with Gasteiger partial charge in [0.2, 0.25) is 0 Å². The number of aromatic hydroxyl groups is 1. The molecule has 0 aliphatic heterocycles. The Balaban J connectivity index is 4.43. The average molecular weight is 425 g/mol. The van der Waals surface area contributed by atoms with Gasteiger partial charge in [-0.2, -0.15) is 0 Å². The van der Waals surface area contributed by atoms with Gasteiger partial charge in [0.15, 0.2) is 0 Å². The number of rotatable bonds is 6. The van der Waals surface area contributed by atoms with E-state index in [0.29, 0.717) is 5.75 Å². The number of hydrogen-bond donors (Lipinski definition) is 1. The van der Waals surface area contributed by atoms with Crippen LogP contribution in [0.25, 0.3) is 5.57 Å². The Morgan fingerprint density at radius 2 is 1.26 bits per heavy atom. The highest BCUT2D eigenvalue weighted by Gasteiger charge is 2.33. The number of phenols is 1. The minimum absolute atomic E-state index is 0.176. The van der Waals surface area contributed by atoms with E-state index >= 15 is 0 Å². The highest BCUT2D eigenvalue weighted by atomic mass is 16.3. The van der Waals surface area contributed by atoms with Crippen molar-refractivity contribution in [2.45, 2.75) is 114 Å². The highest BCUT2D eigenvalue weighted by Crippen LogP contribution is 2.49. The summed E-state index contributed by atoms with van der Waals surface area (Å²) in [6, 6.07) is 2.24. The molecule has 1 rings (SSSR count). The molecule has 0 aromatic heterocycles. The molecule has 0 heterocycles. The Kier molecular flexibility index (Phi) is 8.48. The summed E-state index contributed by atoms with van der Waals surface area (Å²) in [5.74, 6) is 1.42. The molecule has 1 aromatic rings. The predicted molar refractivity (Wildman–Crippen MR) is 138 cm³/mol. The third kappa shape index (κ3) is 5.85. The van der Waals surface area contributed by atoms with Gasteiger partial charge in [-0.3, -0.25) is 0 Å². The molecule has 1 aromatic carbocycles. The molecule has 0 spiro atoms. The summed E-state index contributed by atoms with van der Waals surface area (Å²) >= 11 is 0. The van der Waals surface area contributed by atoms with Crippen molar-refractivity contribution >= 4 is 5.57 Å². The lowest BCUT2D eigenvalue weighted by Crippen LogP contribution is -2.22. The molecule has 0 unspecified atom stereocenters. The van der Waals surface area contributed by atoms with Crippen LogP contribution in [-0.2, 0) is 10.8 Å². The highest BCUT2D eigenvalue weighted by molar-refractivity contribution is 5.79. The van der Waals surface area contributed by atoms with E-state index in [1.54, 1.807) is 0 Å². The van der Waals surface area contributed by atoms with Crippen LogP contribution in [0.15, 0.2) is 17.2 Å². The third-order valence-corrected chi connectivity index (χ3v) is 6.08. The lowest BCUT2D eigenvalue weighted by atomic mass is 9.70. The predicted octanol–water partition coefficient (Wildman–Crippen LogP) is 9.07. The van der Waals surface area contributed by atoms with Crippen LogP contribution in [0.3, 0.4) is 0 Å². The van der Waals surface area contributed by atoms with E-state index < -0.39 is 0 Å². The fourth-order valence-corrected chi connectivity index (χ4v) is 4.69. The van der Waals surface area contributed by atoms with Crippen molar-refractivity contribution in [2.24, 2.45) is 17.8 Å². The molecule has 0 saturated heterocycles. The van der Waals surface area contributed by atoms with Crippen LogP contribution in [-0.4, -0.2) is 5.11 Å². The van der Waals surface area contributed by atoms with Crippen molar-refractivity contribution in [3.63, 3.8) is 0 Å². The van der Waals surface area contributed by atoms with Gasteiger partial charge in [0.05, 0.1) is 0 Å². The molecule has 1 heteroatoms. The largest absolute Gasteiger partial charge is 0.507 e. The molecular weight excluding hydrogens is 376 g/mol. The van der Waals surface area contributed by atoms with E-state index in [1.165, 1.54) is 16.7 Å². The summed E-state index contributed by atoms with van der Waals surface area (Å²) in [6.45, 7) is 39.7. The Morgan fingerprint density at radius 1 is 0.774 bits per heavy atom. The van der Waals surface area contributed by atoms with Crippen LogP contribution in [0.1, 0.15) is 125 Å². The van der Waals surface area contributed by atoms with Gasteiger partial charge in [0.25, 0.3) is 0 Å². The first kappa shape index (κ1) is 27.5. The van der Waals surface area contributed by atoms with Crippen LogP contribution < -0.4 is 0 Å². The van der Waals surface area contributed by atoms with Gasteiger partial charge in [-0.05, 0) is 75.0 Å².